The van der Waals surface area contributed by atoms with E-state index in [4.69, 9.17) is 0 Å². The van der Waals surface area contributed by atoms with Crippen LogP contribution in [0, 0.1) is 0 Å². The van der Waals surface area contributed by atoms with E-state index in [1.165, 1.54) is 4.68 Å². The van der Waals surface area contributed by atoms with E-state index in [9.17, 15) is 9.59 Å². The van der Waals surface area contributed by atoms with E-state index in [1.54, 1.807) is 0 Å². The minimum absolute atomic E-state index is 0.0786. The van der Waals surface area contributed by atoms with Crippen molar-refractivity contribution >= 4 is 6.29 Å². The number of hydrogen-bond acceptors (Lipinski definition) is 3. The van der Waals surface area contributed by atoms with Gasteiger partial charge in [-0.05, 0) is 4.68 Å². The number of quaternary nitrogens is 1. The van der Waals surface area contributed by atoms with Crippen LogP contribution in [0.3, 0.4) is 0 Å². The van der Waals surface area contributed by atoms with Crippen LogP contribution in [-0.4, -0.2) is 11.2 Å². The first-order chi connectivity index (χ1) is 4.74. The Balaban J connectivity index is 3.02. The summed E-state index contributed by atoms with van der Waals surface area (Å²) in [5.41, 5.74) is -0.517. The van der Waals surface area contributed by atoms with Gasteiger partial charge in [-0.15, -0.1) is 0 Å². The zero-order valence-corrected chi connectivity index (χ0v) is 5.19. The van der Waals surface area contributed by atoms with Crippen LogP contribution in [0.2, 0.25) is 0 Å². The first kappa shape index (κ1) is 6.69. The van der Waals surface area contributed by atoms with Gasteiger partial charge in [0.25, 0.3) is 6.20 Å². The quantitative estimate of drug-likeness (QED) is 0.354. The Morgan fingerprint density at radius 2 is 2.60 bits per heavy atom. The third-order valence-electron chi connectivity index (χ3n) is 0.998. The van der Waals surface area contributed by atoms with Gasteiger partial charge in [0.05, 0.1) is 0 Å². The van der Waals surface area contributed by atoms with Gasteiger partial charge in [0.15, 0.2) is 11.2 Å². The molecule has 1 aromatic heterocycles. The first-order valence-corrected chi connectivity index (χ1v) is 2.61. The van der Waals surface area contributed by atoms with Crippen LogP contribution in [0.15, 0.2) is 15.5 Å². The second kappa shape index (κ2) is 2.44. The van der Waals surface area contributed by atoms with Gasteiger partial charge in [-0.2, -0.15) is 5.84 Å². The van der Waals surface area contributed by atoms with Crippen LogP contribution in [0.5, 0.6) is 0 Å². The van der Waals surface area contributed by atoms with E-state index < -0.39 is 5.63 Å². The Morgan fingerprint density at radius 3 is 3.00 bits per heavy atom. The molecule has 0 bridgehead atoms. The Bertz CT molecular complexity index is 286. The number of carbonyl (C=O) groups excluding carboxylic acids is 1. The fourth-order valence-electron chi connectivity index (χ4n) is 0.586. The molecule has 0 amide bonds. The van der Waals surface area contributed by atoms with Crippen LogP contribution < -0.4 is 16.2 Å². The van der Waals surface area contributed by atoms with E-state index in [1.807, 2.05) is 0 Å². The maximum atomic E-state index is 10.4. The third kappa shape index (κ3) is 1.11. The van der Waals surface area contributed by atoms with Crippen molar-refractivity contribution in [1.29, 1.82) is 0 Å². The lowest BCUT2D eigenvalue weighted by Gasteiger charge is -1.78. The molecule has 0 unspecified atom stereocenters. The molecule has 0 atom stereocenters. The van der Waals surface area contributed by atoms with Crippen molar-refractivity contribution in [3.63, 3.8) is 0 Å². The molecular weight excluding hydrogens is 138 g/mol. The zero-order chi connectivity index (χ0) is 7.56. The van der Waals surface area contributed by atoms with E-state index in [0.717, 1.165) is 11.2 Å². The van der Waals surface area contributed by atoms with Gasteiger partial charge >= 0.3 is 5.63 Å². The maximum absolute atomic E-state index is 10.4. The van der Waals surface area contributed by atoms with E-state index in [2.05, 4.69) is 10.4 Å². The molecule has 0 saturated carbocycles. The second-order valence-electron chi connectivity index (χ2n) is 1.68. The van der Waals surface area contributed by atoms with Crippen molar-refractivity contribution in [2.45, 2.75) is 6.54 Å². The molecule has 0 aliphatic rings. The summed E-state index contributed by atoms with van der Waals surface area (Å²) in [5.74, 6) is 3.31. The molecule has 0 fully saturated rings. The van der Waals surface area contributed by atoms with E-state index in [-0.39, 0.29) is 6.54 Å². The average molecular weight is 145 g/mol. The molecule has 3 N–H and O–H groups in total. The van der Waals surface area contributed by atoms with Gasteiger partial charge in [0.2, 0.25) is 6.54 Å². The zero-order valence-electron chi connectivity index (χ0n) is 5.19. The number of carbonyl (C=O) groups is 1. The molecule has 0 aromatic carbocycles. The minimum Gasteiger partial charge on any atom is -0.296 e. The Hall–Kier alpha value is -1.43. The molecule has 0 spiro atoms. The van der Waals surface area contributed by atoms with Gasteiger partial charge in [-0.1, -0.05) is 0 Å². The van der Waals surface area contributed by atoms with Gasteiger partial charge in [0.1, 0.15) is 0 Å². The predicted octanol–water partition coefficient (Wildman–Crippen LogP) is -3.07. The lowest BCUT2D eigenvalue weighted by molar-refractivity contribution is -0.883. The molecule has 0 aliphatic heterocycles. The third-order valence-corrected chi connectivity index (χ3v) is 0.998. The van der Waals surface area contributed by atoms with Crippen LogP contribution >= 0.6 is 0 Å². The largest absolute Gasteiger partial charge is 0.432 e. The summed E-state index contributed by atoms with van der Waals surface area (Å²) in [4.78, 5) is 21.3. The summed E-state index contributed by atoms with van der Waals surface area (Å²) in [7, 11) is 0. The van der Waals surface area contributed by atoms with Crippen LogP contribution in [0.1, 0.15) is 0 Å². The molecular formula is C4H7N3O3+2. The first-order valence-electron chi connectivity index (χ1n) is 2.61. The monoisotopic (exact) mass is 145 g/mol. The molecule has 0 aliphatic carbocycles. The number of aldehydes is 1. The smallest absolute Gasteiger partial charge is 0.296 e. The lowest BCUT2D eigenvalue weighted by atomic mass is 10.7. The number of rotatable bonds is 2. The molecule has 0 radical (unpaired) electrons. The average Bonchev–Trinajstić information content (AvgIpc) is 2.13. The van der Waals surface area contributed by atoms with Crippen LogP contribution in [0.4, 0.5) is 0 Å². The highest BCUT2D eigenvalue weighted by molar-refractivity contribution is 5.46. The molecule has 10 heavy (non-hydrogen) atoms. The fourth-order valence-corrected chi connectivity index (χ4v) is 0.586. The molecule has 6 nitrogen and oxygen atoms in total. The van der Waals surface area contributed by atoms with Gasteiger partial charge in [0, 0.05) is 0 Å². The summed E-state index contributed by atoms with van der Waals surface area (Å²) in [6, 6.07) is 0. The van der Waals surface area contributed by atoms with Crippen LogP contribution in [-0.2, 0) is 11.3 Å². The molecule has 1 heterocycles. The van der Waals surface area contributed by atoms with Gasteiger partial charge < -0.3 is 0 Å². The molecule has 1 aromatic rings. The Kier molecular flexibility index (Phi) is 1.63. The SMILES string of the molecule is [NH3+]n1oc(=O)c[n+]1CC=O. The lowest BCUT2D eigenvalue weighted by Crippen LogP contribution is -2.68. The number of hydrogen-bond donors (Lipinski definition) is 1. The number of nitrogens with zero attached hydrogens (tertiary/aromatic N) is 2. The van der Waals surface area contributed by atoms with Crippen molar-refractivity contribution < 1.29 is 19.8 Å². The normalized spacial score (nSPS) is 9.70. The summed E-state index contributed by atoms with van der Waals surface area (Å²) < 4.78 is 5.68. The predicted molar refractivity (Wildman–Crippen MR) is 27.5 cm³/mol. The topological polar surface area (TPSA) is 83.7 Å². The summed E-state index contributed by atoms with van der Waals surface area (Å²) in [6.45, 7) is 0.0786. The maximum Gasteiger partial charge on any atom is 0.432 e. The summed E-state index contributed by atoms with van der Waals surface area (Å²) in [6.07, 6.45) is 1.80. The number of aromatic nitrogens is 2. The highest BCUT2D eigenvalue weighted by Gasteiger charge is 2.11. The Labute approximate surface area is 55.4 Å². The van der Waals surface area contributed by atoms with Crippen molar-refractivity contribution in [3.05, 3.63) is 16.6 Å². The standard InChI is InChI=1S/C4H5N3O3/c5-7-6(1-2-8)3-4(9)10-7/h2-3,5H,1H2/p+2. The summed E-state index contributed by atoms with van der Waals surface area (Å²) >= 11 is 0. The van der Waals surface area contributed by atoms with Gasteiger partial charge in [-0.3, -0.25) is 4.79 Å². The second-order valence-corrected chi connectivity index (χ2v) is 1.68. The fraction of sp³-hybridized carbons (Fsp3) is 0.250. The van der Waals surface area contributed by atoms with Gasteiger partial charge in [-0.25, -0.2) is 9.32 Å². The van der Waals surface area contributed by atoms with Crippen molar-refractivity contribution in [2.24, 2.45) is 0 Å². The van der Waals surface area contributed by atoms with E-state index >= 15 is 0 Å². The van der Waals surface area contributed by atoms with E-state index in [0.29, 0.717) is 6.29 Å². The van der Waals surface area contributed by atoms with Crippen molar-refractivity contribution in [1.82, 2.24) is 4.96 Å². The molecule has 54 valence electrons. The van der Waals surface area contributed by atoms with Crippen molar-refractivity contribution in [2.75, 3.05) is 0 Å². The molecule has 6 heteroatoms. The highest BCUT2D eigenvalue weighted by atomic mass is 16.6. The highest BCUT2D eigenvalue weighted by Crippen LogP contribution is 1.59. The van der Waals surface area contributed by atoms with Crippen LogP contribution in [0.25, 0.3) is 0 Å². The Morgan fingerprint density at radius 1 is 1.90 bits per heavy atom. The summed E-state index contributed by atoms with van der Waals surface area (Å²) in [5, 5.41) is 0. The minimum atomic E-state index is -0.517. The molecule has 0 saturated heterocycles. The van der Waals surface area contributed by atoms with Crippen molar-refractivity contribution in [3.8, 4) is 0 Å². The molecule has 1 rings (SSSR count).